The van der Waals surface area contributed by atoms with Gasteiger partial charge in [-0.05, 0) is 61.8 Å². The molecule has 1 N–H and O–H groups in total. The maximum absolute atomic E-state index is 11.7. The van der Waals surface area contributed by atoms with Gasteiger partial charge in [-0.25, -0.2) is 0 Å². The van der Waals surface area contributed by atoms with Crippen LogP contribution in [-0.4, -0.2) is 43.6 Å². The quantitative estimate of drug-likeness (QED) is 0.445. The minimum absolute atomic E-state index is 0.0739. The van der Waals surface area contributed by atoms with E-state index in [0.717, 1.165) is 56.0 Å². The number of aliphatic carboxylic acids is 1. The maximum Gasteiger partial charge on any atom is 0.303 e. The van der Waals surface area contributed by atoms with Gasteiger partial charge in [-0.2, -0.15) is 0 Å². The molecule has 2 aromatic carbocycles. The van der Waals surface area contributed by atoms with Crippen LogP contribution in [0.25, 0.3) is 0 Å². The van der Waals surface area contributed by atoms with E-state index in [2.05, 4.69) is 65.5 Å². The minimum Gasteiger partial charge on any atom is -0.489 e. The number of hydrogen-bond donors (Lipinski definition) is 1. The SMILES string of the molecule is CC[C@@H]1CN(Cc2cc(C(CCc3cn(CC)nn3)CC(=O)O)ccc2C)Cc2ccccc2O1. The van der Waals surface area contributed by atoms with Gasteiger partial charge in [0.05, 0.1) is 12.1 Å². The van der Waals surface area contributed by atoms with E-state index in [0.29, 0.717) is 6.42 Å². The van der Waals surface area contributed by atoms with Gasteiger partial charge < -0.3 is 9.84 Å². The van der Waals surface area contributed by atoms with Gasteiger partial charge >= 0.3 is 5.97 Å². The second-order valence-electron chi connectivity index (χ2n) is 9.51. The first-order valence-electron chi connectivity index (χ1n) is 12.6. The molecule has 0 saturated heterocycles. The van der Waals surface area contributed by atoms with E-state index in [1.54, 1.807) is 4.68 Å². The molecule has 0 fully saturated rings. The van der Waals surface area contributed by atoms with Crippen LogP contribution in [0.15, 0.2) is 48.7 Å². The van der Waals surface area contributed by atoms with Gasteiger partial charge in [0.1, 0.15) is 11.9 Å². The van der Waals surface area contributed by atoms with Crippen molar-refractivity contribution in [2.45, 2.75) is 78.1 Å². The molecule has 0 spiro atoms. The molecule has 35 heavy (non-hydrogen) atoms. The second kappa shape index (κ2) is 11.5. The van der Waals surface area contributed by atoms with E-state index in [9.17, 15) is 9.90 Å². The first-order valence-corrected chi connectivity index (χ1v) is 12.6. The Balaban J connectivity index is 1.53. The van der Waals surface area contributed by atoms with Crippen LogP contribution in [0.1, 0.15) is 67.0 Å². The molecule has 0 aliphatic carbocycles. The van der Waals surface area contributed by atoms with Gasteiger partial charge in [0.25, 0.3) is 0 Å². The van der Waals surface area contributed by atoms with Crippen molar-refractivity contribution < 1.29 is 14.6 Å². The fourth-order valence-corrected chi connectivity index (χ4v) is 4.78. The zero-order valence-corrected chi connectivity index (χ0v) is 21.0. The van der Waals surface area contributed by atoms with Crippen molar-refractivity contribution in [2.24, 2.45) is 0 Å². The average molecular weight is 477 g/mol. The summed E-state index contributed by atoms with van der Waals surface area (Å²) in [5.41, 5.74) is 5.66. The number of fused-ring (bicyclic) bond motifs is 1. The molecule has 3 aromatic rings. The van der Waals surface area contributed by atoms with Crippen molar-refractivity contribution in [1.82, 2.24) is 19.9 Å². The Morgan fingerprint density at radius 3 is 2.80 bits per heavy atom. The largest absolute Gasteiger partial charge is 0.489 e. The Morgan fingerprint density at radius 1 is 1.23 bits per heavy atom. The third kappa shape index (κ3) is 6.48. The van der Waals surface area contributed by atoms with Crippen molar-refractivity contribution >= 4 is 5.97 Å². The summed E-state index contributed by atoms with van der Waals surface area (Å²) in [5, 5.41) is 17.9. The number of nitrogens with zero attached hydrogens (tertiary/aromatic N) is 4. The lowest BCUT2D eigenvalue weighted by molar-refractivity contribution is -0.137. The Hall–Kier alpha value is -3.19. The van der Waals surface area contributed by atoms with Crippen LogP contribution in [0, 0.1) is 6.92 Å². The van der Waals surface area contributed by atoms with Crippen LogP contribution in [0.5, 0.6) is 5.75 Å². The number of para-hydroxylation sites is 1. The lowest BCUT2D eigenvalue weighted by Crippen LogP contribution is -2.32. The number of rotatable bonds is 10. The molecular weight excluding hydrogens is 440 g/mol. The fraction of sp³-hybridized carbons (Fsp3) is 0.464. The Labute approximate surface area is 207 Å². The lowest BCUT2D eigenvalue weighted by atomic mass is 9.88. The highest BCUT2D eigenvalue weighted by molar-refractivity contribution is 5.68. The number of carboxylic acid groups (broad SMARTS) is 1. The molecule has 4 rings (SSSR count). The monoisotopic (exact) mass is 476 g/mol. The normalized spacial score (nSPS) is 16.8. The van der Waals surface area contributed by atoms with Crippen molar-refractivity contribution in [3.8, 4) is 5.75 Å². The summed E-state index contributed by atoms with van der Waals surface area (Å²) in [7, 11) is 0. The number of ether oxygens (including phenoxy) is 1. The van der Waals surface area contributed by atoms with Gasteiger partial charge in [-0.1, -0.05) is 48.5 Å². The summed E-state index contributed by atoms with van der Waals surface area (Å²) in [5.74, 6) is 0.130. The van der Waals surface area contributed by atoms with Crippen molar-refractivity contribution in [2.75, 3.05) is 6.54 Å². The number of aryl methyl sites for hydroxylation is 3. The number of hydrogen-bond acceptors (Lipinski definition) is 5. The highest BCUT2D eigenvalue weighted by Crippen LogP contribution is 2.30. The standard InChI is InChI=1S/C28H36N4O3/c1-4-26-19-31(16-23-8-6-7-9-27(23)35-26)17-24-14-21(11-10-20(24)3)22(15-28(33)34)12-13-25-18-32(5-2)30-29-25/h6-11,14,18,22,26H,4-5,12-13,15-17,19H2,1-3H3,(H,33,34)/t22?,26-/m1/s1. The van der Waals surface area contributed by atoms with Crippen molar-refractivity contribution in [1.29, 1.82) is 0 Å². The molecule has 1 aliphatic heterocycles. The molecule has 0 bridgehead atoms. The highest BCUT2D eigenvalue weighted by Gasteiger charge is 2.23. The van der Waals surface area contributed by atoms with Crippen LogP contribution >= 0.6 is 0 Å². The predicted octanol–water partition coefficient (Wildman–Crippen LogP) is 4.97. The Kier molecular flexibility index (Phi) is 8.18. The zero-order valence-electron chi connectivity index (χ0n) is 21.0. The molecule has 1 aromatic heterocycles. The van der Waals surface area contributed by atoms with Gasteiger partial charge in [0, 0.05) is 37.9 Å². The molecular formula is C28H36N4O3. The molecule has 0 radical (unpaired) electrons. The van der Waals surface area contributed by atoms with Crippen LogP contribution in [-0.2, 0) is 30.8 Å². The Morgan fingerprint density at radius 2 is 2.06 bits per heavy atom. The van der Waals surface area contributed by atoms with E-state index in [-0.39, 0.29) is 18.4 Å². The predicted molar refractivity (Wildman–Crippen MR) is 135 cm³/mol. The van der Waals surface area contributed by atoms with Crippen LogP contribution < -0.4 is 4.74 Å². The molecule has 7 nitrogen and oxygen atoms in total. The maximum atomic E-state index is 11.7. The molecule has 0 saturated carbocycles. The molecule has 7 heteroatoms. The van der Waals surface area contributed by atoms with Gasteiger partial charge in [0.15, 0.2) is 0 Å². The van der Waals surface area contributed by atoms with E-state index in [1.165, 1.54) is 16.7 Å². The summed E-state index contributed by atoms with van der Waals surface area (Å²) in [4.78, 5) is 14.1. The van der Waals surface area contributed by atoms with E-state index in [4.69, 9.17) is 4.74 Å². The third-order valence-corrected chi connectivity index (χ3v) is 6.90. The summed E-state index contributed by atoms with van der Waals surface area (Å²) in [6.45, 7) is 9.60. The summed E-state index contributed by atoms with van der Waals surface area (Å²) in [6.07, 6.45) is 4.58. The van der Waals surface area contributed by atoms with E-state index in [1.807, 2.05) is 19.2 Å². The fourth-order valence-electron chi connectivity index (χ4n) is 4.78. The van der Waals surface area contributed by atoms with Crippen molar-refractivity contribution in [3.05, 3.63) is 76.6 Å². The van der Waals surface area contributed by atoms with Gasteiger partial charge in [-0.3, -0.25) is 14.4 Å². The highest BCUT2D eigenvalue weighted by atomic mass is 16.5. The molecule has 2 atom stereocenters. The van der Waals surface area contributed by atoms with E-state index >= 15 is 0 Å². The third-order valence-electron chi connectivity index (χ3n) is 6.90. The summed E-state index contributed by atoms with van der Waals surface area (Å²) in [6, 6.07) is 14.7. The first-order chi connectivity index (χ1) is 16.9. The minimum atomic E-state index is -0.776. The summed E-state index contributed by atoms with van der Waals surface area (Å²) < 4.78 is 8.08. The van der Waals surface area contributed by atoms with Crippen molar-refractivity contribution in [3.63, 3.8) is 0 Å². The number of carboxylic acids is 1. The second-order valence-corrected chi connectivity index (χ2v) is 9.51. The average Bonchev–Trinajstić information content (AvgIpc) is 3.23. The molecule has 2 heterocycles. The number of carbonyl (C=O) groups is 1. The summed E-state index contributed by atoms with van der Waals surface area (Å²) >= 11 is 0. The van der Waals surface area contributed by atoms with Crippen LogP contribution in [0.4, 0.5) is 0 Å². The first kappa shape index (κ1) is 24.9. The van der Waals surface area contributed by atoms with Crippen LogP contribution in [0.2, 0.25) is 0 Å². The molecule has 186 valence electrons. The molecule has 1 unspecified atom stereocenters. The number of aromatic nitrogens is 3. The lowest BCUT2D eigenvalue weighted by Gasteiger charge is -2.25. The van der Waals surface area contributed by atoms with Gasteiger partial charge in [-0.15, -0.1) is 5.10 Å². The zero-order chi connectivity index (χ0) is 24.8. The Bertz CT molecular complexity index is 1140. The molecule has 1 aliphatic rings. The molecule has 0 amide bonds. The topological polar surface area (TPSA) is 80.5 Å². The number of benzene rings is 2. The van der Waals surface area contributed by atoms with E-state index < -0.39 is 5.97 Å². The van der Waals surface area contributed by atoms with Crippen LogP contribution in [0.3, 0.4) is 0 Å². The smallest absolute Gasteiger partial charge is 0.303 e. The van der Waals surface area contributed by atoms with Gasteiger partial charge in [0.2, 0.25) is 0 Å².